The molecule has 1 saturated carbocycles. The van der Waals surface area contributed by atoms with E-state index in [1.165, 1.54) is 24.3 Å². The molecular weight excluding hydrogens is 300 g/mol. The summed E-state index contributed by atoms with van der Waals surface area (Å²) in [6.45, 7) is 4.07. The molecule has 1 amide bonds. The zero-order valence-corrected chi connectivity index (χ0v) is 13.2. The molecule has 7 nitrogen and oxygen atoms in total. The topological polar surface area (TPSA) is 89.8 Å². The van der Waals surface area contributed by atoms with E-state index in [4.69, 9.17) is 4.74 Å². The van der Waals surface area contributed by atoms with Crippen LogP contribution >= 0.6 is 0 Å². The van der Waals surface area contributed by atoms with Gasteiger partial charge in [0.25, 0.3) is 11.6 Å². The van der Waals surface area contributed by atoms with Crippen LogP contribution in [0.5, 0.6) is 0 Å². The van der Waals surface area contributed by atoms with Crippen LogP contribution in [0.4, 0.5) is 5.69 Å². The van der Waals surface area contributed by atoms with Crippen molar-refractivity contribution in [2.45, 2.75) is 32.7 Å². The minimum absolute atomic E-state index is 0.0561. The van der Waals surface area contributed by atoms with Crippen LogP contribution < -0.4 is 0 Å². The molecule has 1 aromatic rings. The maximum Gasteiger partial charge on any atom is 0.310 e. The van der Waals surface area contributed by atoms with E-state index in [0.29, 0.717) is 18.7 Å². The van der Waals surface area contributed by atoms with E-state index in [1.54, 1.807) is 18.7 Å². The highest BCUT2D eigenvalue weighted by Gasteiger charge is 2.35. The first-order valence-electron chi connectivity index (χ1n) is 7.66. The number of hydrogen-bond donors (Lipinski definition) is 0. The van der Waals surface area contributed by atoms with Crippen molar-refractivity contribution in [3.05, 3.63) is 39.9 Å². The minimum atomic E-state index is -0.504. The second-order valence-corrected chi connectivity index (χ2v) is 5.65. The van der Waals surface area contributed by atoms with Gasteiger partial charge in [0.2, 0.25) is 0 Å². The fraction of sp³-hybridized carbons (Fsp3) is 0.500. The third-order valence-corrected chi connectivity index (χ3v) is 3.73. The van der Waals surface area contributed by atoms with Gasteiger partial charge >= 0.3 is 5.97 Å². The van der Waals surface area contributed by atoms with Crippen molar-refractivity contribution >= 4 is 17.6 Å². The molecule has 0 aliphatic heterocycles. The number of ether oxygens (including phenoxy) is 1. The van der Waals surface area contributed by atoms with E-state index >= 15 is 0 Å². The van der Waals surface area contributed by atoms with Crippen molar-refractivity contribution in [2.24, 2.45) is 5.92 Å². The van der Waals surface area contributed by atoms with Crippen molar-refractivity contribution in [1.29, 1.82) is 0 Å². The quantitative estimate of drug-likeness (QED) is 0.437. The van der Waals surface area contributed by atoms with Crippen LogP contribution in [0.25, 0.3) is 0 Å². The Balaban J connectivity index is 2.09. The molecule has 124 valence electrons. The number of benzene rings is 1. The van der Waals surface area contributed by atoms with Crippen molar-refractivity contribution in [3.63, 3.8) is 0 Å². The van der Waals surface area contributed by atoms with Crippen LogP contribution in [0.3, 0.4) is 0 Å². The van der Waals surface area contributed by atoms with Crippen molar-refractivity contribution in [2.75, 3.05) is 13.2 Å². The average Bonchev–Trinajstić information content (AvgIpc) is 3.36. The van der Waals surface area contributed by atoms with Gasteiger partial charge in [0.05, 0.1) is 17.4 Å². The second kappa shape index (κ2) is 7.21. The maximum absolute atomic E-state index is 12.6. The molecule has 1 unspecified atom stereocenters. The Labute approximate surface area is 134 Å². The van der Waals surface area contributed by atoms with Crippen molar-refractivity contribution < 1.29 is 19.2 Å². The zero-order valence-electron chi connectivity index (χ0n) is 13.2. The maximum atomic E-state index is 12.6. The molecule has 7 heteroatoms. The lowest BCUT2D eigenvalue weighted by atomic mass is 10.1. The Bertz CT molecular complexity index is 595. The summed E-state index contributed by atoms with van der Waals surface area (Å²) >= 11 is 0. The Morgan fingerprint density at radius 1 is 1.35 bits per heavy atom. The fourth-order valence-corrected chi connectivity index (χ4v) is 2.33. The third-order valence-electron chi connectivity index (χ3n) is 3.73. The Morgan fingerprint density at radius 2 is 1.96 bits per heavy atom. The second-order valence-electron chi connectivity index (χ2n) is 5.65. The van der Waals surface area contributed by atoms with Gasteiger partial charge in [-0.15, -0.1) is 0 Å². The molecule has 0 aromatic heterocycles. The van der Waals surface area contributed by atoms with Crippen molar-refractivity contribution in [3.8, 4) is 0 Å². The van der Waals surface area contributed by atoms with Crippen LogP contribution in [-0.2, 0) is 9.53 Å². The highest BCUT2D eigenvalue weighted by Crippen LogP contribution is 2.29. The number of amides is 1. The highest BCUT2D eigenvalue weighted by atomic mass is 16.6. The van der Waals surface area contributed by atoms with Gasteiger partial charge in [-0.3, -0.25) is 19.7 Å². The van der Waals surface area contributed by atoms with Crippen molar-refractivity contribution in [1.82, 2.24) is 4.90 Å². The first-order chi connectivity index (χ1) is 10.9. The molecule has 1 atom stereocenters. The zero-order chi connectivity index (χ0) is 17.0. The average molecular weight is 320 g/mol. The number of rotatable bonds is 7. The van der Waals surface area contributed by atoms with E-state index in [-0.39, 0.29) is 23.6 Å². The smallest absolute Gasteiger partial charge is 0.310 e. The molecule has 0 radical (unpaired) electrons. The van der Waals surface area contributed by atoms with E-state index in [9.17, 15) is 19.7 Å². The summed E-state index contributed by atoms with van der Waals surface area (Å²) in [4.78, 5) is 36.2. The van der Waals surface area contributed by atoms with E-state index in [1.807, 2.05) is 0 Å². The molecule has 2 rings (SSSR count). The van der Waals surface area contributed by atoms with Crippen LogP contribution in [0.2, 0.25) is 0 Å². The molecule has 23 heavy (non-hydrogen) atoms. The molecular formula is C16H20N2O5. The summed E-state index contributed by atoms with van der Waals surface area (Å²) in [5, 5.41) is 10.7. The van der Waals surface area contributed by atoms with Gasteiger partial charge in [0, 0.05) is 30.3 Å². The lowest BCUT2D eigenvalue weighted by Crippen LogP contribution is -2.39. The number of non-ortho nitro benzene ring substituents is 1. The van der Waals surface area contributed by atoms with Gasteiger partial charge in [-0.25, -0.2) is 0 Å². The Hall–Kier alpha value is -2.44. The molecule has 0 heterocycles. The molecule has 0 bridgehead atoms. The largest absolute Gasteiger partial charge is 0.466 e. The number of nitrogens with zero attached hydrogens (tertiary/aromatic N) is 2. The molecule has 0 N–H and O–H groups in total. The third kappa shape index (κ3) is 4.28. The van der Waals surface area contributed by atoms with E-state index in [2.05, 4.69) is 0 Å². The number of carbonyl (C=O) groups is 2. The summed E-state index contributed by atoms with van der Waals surface area (Å²) in [6, 6.07) is 5.66. The van der Waals surface area contributed by atoms with Gasteiger partial charge in [0.1, 0.15) is 0 Å². The molecule has 1 fully saturated rings. The number of esters is 1. The number of hydrogen-bond acceptors (Lipinski definition) is 5. The summed E-state index contributed by atoms with van der Waals surface area (Å²) in [5.74, 6) is -0.939. The van der Waals surface area contributed by atoms with Gasteiger partial charge in [-0.05, 0) is 31.9 Å². The Kier molecular flexibility index (Phi) is 5.31. The van der Waals surface area contributed by atoms with Gasteiger partial charge < -0.3 is 9.64 Å². The molecule has 1 aliphatic carbocycles. The summed E-state index contributed by atoms with van der Waals surface area (Å²) in [7, 11) is 0. The predicted molar refractivity (Wildman–Crippen MR) is 83.0 cm³/mol. The minimum Gasteiger partial charge on any atom is -0.466 e. The highest BCUT2D eigenvalue weighted by molar-refractivity contribution is 5.95. The van der Waals surface area contributed by atoms with Gasteiger partial charge in [-0.2, -0.15) is 0 Å². The fourth-order valence-electron chi connectivity index (χ4n) is 2.33. The molecule has 0 saturated heterocycles. The van der Waals surface area contributed by atoms with E-state index < -0.39 is 10.8 Å². The lowest BCUT2D eigenvalue weighted by Gasteiger charge is -2.25. The number of nitro groups is 1. The SMILES string of the molecule is CCOC(=O)C(C)CN(C(=O)c1ccc([N+](=O)[O-])cc1)C1CC1. The molecule has 0 spiro atoms. The van der Waals surface area contributed by atoms with Crippen LogP contribution in [0, 0.1) is 16.0 Å². The van der Waals surface area contributed by atoms with Gasteiger partial charge in [0.15, 0.2) is 0 Å². The standard InChI is InChI=1S/C16H20N2O5/c1-3-23-16(20)11(2)10-17(13-8-9-13)15(19)12-4-6-14(7-5-12)18(21)22/h4-7,11,13H,3,8-10H2,1-2H3. The monoisotopic (exact) mass is 320 g/mol. The van der Waals surface area contributed by atoms with Gasteiger partial charge in [-0.1, -0.05) is 6.92 Å². The first kappa shape index (κ1) is 16.9. The summed E-state index contributed by atoms with van der Waals surface area (Å²) in [6.07, 6.45) is 1.82. The number of nitro benzene ring substituents is 1. The van der Waals surface area contributed by atoms with Crippen LogP contribution in [0.1, 0.15) is 37.0 Å². The van der Waals surface area contributed by atoms with Crippen LogP contribution in [0.15, 0.2) is 24.3 Å². The molecule has 1 aliphatic rings. The van der Waals surface area contributed by atoms with E-state index in [0.717, 1.165) is 12.8 Å². The molecule has 1 aromatic carbocycles. The lowest BCUT2D eigenvalue weighted by molar-refractivity contribution is -0.384. The van der Waals surface area contributed by atoms with Crippen LogP contribution in [-0.4, -0.2) is 40.9 Å². The summed E-state index contributed by atoms with van der Waals surface area (Å²) in [5.41, 5.74) is 0.331. The number of carbonyl (C=O) groups excluding carboxylic acids is 2. The predicted octanol–water partition coefficient (Wildman–Crippen LogP) is 2.40. The Morgan fingerprint density at radius 3 is 2.43 bits per heavy atom. The first-order valence-corrected chi connectivity index (χ1v) is 7.66. The normalized spacial score (nSPS) is 14.9. The summed E-state index contributed by atoms with van der Waals surface area (Å²) < 4.78 is 4.98.